The van der Waals surface area contributed by atoms with Gasteiger partial charge in [-0.1, -0.05) is 79.1 Å². The van der Waals surface area contributed by atoms with Crippen LogP contribution in [0.1, 0.15) is 105 Å². The van der Waals surface area contributed by atoms with Crippen molar-refractivity contribution in [2.75, 3.05) is 0 Å². The van der Waals surface area contributed by atoms with Crippen LogP contribution in [0.2, 0.25) is 0 Å². The maximum atomic E-state index is 11.3. The number of carbonyl (C=O) groups is 1. The van der Waals surface area contributed by atoms with Crippen molar-refractivity contribution in [1.82, 2.24) is 0 Å². The zero-order valence-corrected chi connectivity index (χ0v) is 15.7. The average Bonchev–Trinajstić information content (AvgIpc) is 2.55. The summed E-state index contributed by atoms with van der Waals surface area (Å²) in [4.78, 5) is 11.3. The van der Waals surface area contributed by atoms with E-state index < -0.39 is 0 Å². The van der Waals surface area contributed by atoms with E-state index in [0.29, 0.717) is 12.0 Å². The third-order valence-corrected chi connectivity index (χ3v) is 5.77. The van der Waals surface area contributed by atoms with E-state index >= 15 is 0 Å². The third-order valence-electron chi connectivity index (χ3n) is 5.77. The Morgan fingerprint density at radius 3 is 1.82 bits per heavy atom. The quantitative estimate of drug-likeness (QED) is 0.303. The van der Waals surface area contributed by atoms with E-state index in [9.17, 15) is 4.79 Å². The summed E-state index contributed by atoms with van der Waals surface area (Å²) in [6, 6.07) is 0.400. The molecule has 22 heavy (non-hydrogen) atoms. The summed E-state index contributed by atoms with van der Waals surface area (Å²) in [7, 11) is 0. The Morgan fingerprint density at radius 2 is 1.36 bits per heavy atom. The van der Waals surface area contributed by atoms with Crippen molar-refractivity contribution in [1.29, 1.82) is 0 Å². The second-order valence-electron chi connectivity index (χ2n) is 7.09. The van der Waals surface area contributed by atoms with Gasteiger partial charge in [0.05, 0.1) is 0 Å². The van der Waals surface area contributed by atoms with Crippen LogP contribution in [-0.4, -0.2) is 12.3 Å². The summed E-state index contributed by atoms with van der Waals surface area (Å²) in [6.07, 6.45) is 15.6. The predicted molar refractivity (Wildman–Crippen MR) is 98.1 cm³/mol. The normalized spacial score (nSPS) is 13.5. The van der Waals surface area contributed by atoms with E-state index in [1.165, 1.54) is 64.1 Å². The second kappa shape index (κ2) is 13.1. The van der Waals surface area contributed by atoms with Gasteiger partial charge in [-0.2, -0.15) is 0 Å². The highest BCUT2D eigenvalue weighted by Crippen LogP contribution is 2.30. The molecule has 2 nitrogen and oxygen atoms in total. The Bertz CT molecular complexity index is 256. The molecule has 0 fully saturated rings. The lowest BCUT2D eigenvalue weighted by Gasteiger charge is -2.24. The Hall–Kier alpha value is -0.370. The maximum Gasteiger partial charge on any atom is 0.126 e. The molecule has 1 atom stereocenters. The molecule has 0 spiro atoms. The molecule has 0 radical (unpaired) electrons. The molecule has 0 aromatic rings. The molecule has 0 aromatic heterocycles. The van der Waals surface area contributed by atoms with Gasteiger partial charge in [0.15, 0.2) is 0 Å². The summed E-state index contributed by atoms with van der Waals surface area (Å²) in [5.74, 6) is 0.708. The number of nitrogens with two attached hydrogens (primary N) is 1. The van der Waals surface area contributed by atoms with Crippen molar-refractivity contribution in [2.24, 2.45) is 17.1 Å². The molecule has 0 saturated heterocycles. The summed E-state index contributed by atoms with van der Waals surface area (Å²) < 4.78 is 0. The van der Waals surface area contributed by atoms with Crippen LogP contribution in [0.5, 0.6) is 0 Å². The van der Waals surface area contributed by atoms with Gasteiger partial charge < -0.3 is 10.5 Å². The third kappa shape index (κ3) is 8.31. The molecule has 0 aliphatic carbocycles. The minimum atomic E-state index is -0.0396. The van der Waals surface area contributed by atoms with Gasteiger partial charge in [-0.3, -0.25) is 0 Å². The van der Waals surface area contributed by atoms with Gasteiger partial charge in [-0.25, -0.2) is 0 Å². The van der Waals surface area contributed by atoms with Crippen molar-refractivity contribution in [3.05, 3.63) is 0 Å². The molecule has 0 amide bonds. The van der Waals surface area contributed by atoms with Gasteiger partial charge >= 0.3 is 0 Å². The minimum absolute atomic E-state index is 0.0396. The van der Waals surface area contributed by atoms with Gasteiger partial charge in [0.25, 0.3) is 0 Å². The molecule has 1 unspecified atom stereocenters. The molecular formula is C20H41NO. The maximum absolute atomic E-state index is 11.3. The molecule has 0 aliphatic rings. The zero-order valence-electron chi connectivity index (χ0n) is 15.7. The van der Waals surface area contributed by atoms with Crippen LogP contribution in [0.25, 0.3) is 0 Å². The summed E-state index contributed by atoms with van der Waals surface area (Å²) >= 11 is 0. The first-order valence-electron chi connectivity index (χ1n) is 9.80. The SMILES string of the molecule is CCC(CC)C(N)CCCCCCCCC(C=O)(CC)CC. The molecule has 0 saturated carbocycles. The van der Waals surface area contributed by atoms with Crippen LogP contribution in [0.15, 0.2) is 0 Å². The number of unbranched alkanes of at least 4 members (excludes halogenated alkanes) is 5. The second-order valence-corrected chi connectivity index (χ2v) is 7.09. The van der Waals surface area contributed by atoms with E-state index in [1.54, 1.807) is 0 Å². The minimum Gasteiger partial charge on any atom is -0.327 e. The number of hydrogen-bond acceptors (Lipinski definition) is 2. The van der Waals surface area contributed by atoms with E-state index in [-0.39, 0.29) is 5.41 Å². The molecule has 0 bridgehead atoms. The smallest absolute Gasteiger partial charge is 0.126 e. The lowest BCUT2D eigenvalue weighted by Crippen LogP contribution is -2.29. The zero-order chi connectivity index (χ0) is 16.8. The van der Waals surface area contributed by atoms with E-state index in [0.717, 1.165) is 19.3 Å². The van der Waals surface area contributed by atoms with Crippen LogP contribution >= 0.6 is 0 Å². The highest BCUT2D eigenvalue weighted by Gasteiger charge is 2.24. The molecule has 2 N–H and O–H groups in total. The van der Waals surface area contributed by atoms with Crippen LogP contribution in [0.4, 0.5) is 0 Å². The van der Waals surface area contributed by atoms with Gasteiger partial charge in [0, 0.05) is 11.5 Å². The van der Waals surface area contributed by atoms with Crippen molar-refractivity contribution in [3.63, 3.8) is 0 Å². The number of carbonyl (C=O) groups excluding carboxylic acids is 1. The fraction of sp³-hybridized carbons (Fsp3) is 0.950. The molecule has 0 aliphatic heterocycles. The Balaban J connectivity index is 3.60. The van der Waals surface area contributed by atoms with Crippen LogP contribution in [-0.2, 0) is 4.79 Å². The number of rotatable bonds is 15. The largest absolute Gasteiger partial charge is 0.327 e. The number of aldehydes is 1. The van der Waals surface area contributed by atoms with Gasteiger partial charge in [-0.05, 0) is 31.6 Å². The van der Waals surface area contributed by atoms with Crippen LogP contribution in [0.3, 0.4) is 0 Å². The topological polar surface area (TPSA) is 43.1 Å². The molecule has 0 heterocycles. The Morgan fingerprint density at radius 1 is 0.864 bits per heavy atom. The monoisotopic (exact) mass is 311 g/mol. The first-order valence-corrected chi connectivity index (χ1v) is 9.80. The average molecular weight is 312 g/mol. The summed E-state index contributed by atoms with van der Waals surface area (Å²) in [5.41, 5.74) is 6.22. The van der Waals surface area contributed by atoms with Crippen molar-refractivity contribution >= 4 is 6.29 Å². The highest BCUT2D eigenvalue weighted by atomic mass is 16.1. The fourth-order valence-corrected chi connectivity index (χ4v) is 3.52. The van der Waals surface area contributed by atoms with E-state index in [1.807, 2.05) is 0 Å². The van der Waals surface area contributed by atoms with Gasteiger partial charge in [-0.15, -0.1) is 0 Å². The fourth-order valence-electron chi connectivity index (χ4n) is 3.52. The van der Waals surface area contributed by atoms with Crippen molar-refractivity contribution in [2.45, 2.75) is 111 Å². The van der Waals surface area contributed by atoms with Crippen molar-refractivity contribution in [3.8, 4) is 0 Å². The Kier molecular flexibility index (Phi) is 12.9. The van der Waals surface area contributed by atoms with E-state index in [4.69, 9.17) is 5.73 Å². The molecule has 2 heteroatoms. The lowest BCUT2D eigenvalue weighted by molar-refractivity contribution is -0.117. The molecule has 0 rings (SSSR count). The first-order chi connectivity index (χ1) is 10.6. The first kappa shape index (κ1) is 21.6. The standard InChI is InChI=1S/C20H41NO/c1-5-18(6-2)19(21)15-13-11-9-10-12-14-16-20(7-3,8-4)17-22/h17-19H,5-16,21H2,1-4H3. The summed E-state index contributed by atoms with van der Waals surface area (Å²) in [6.45, 7) is 8.78. The van der Waals surface area contributed by atoms with Gasteiger partial charge in [0.2, 0.25) is 0 Å². The molecule has 0 aromatic carbocycles. The van der Waals surface area contributed by atoms with Crippen molar-refractivity contribution < 1.29 is 4.79 Å². The van der Waals surface area contributed by atoms with E-state index in [2.05, 4.69) is 27.7 Å². The number of hydrogen-bond donors (Lipinski definition) is 1. The lowest BCUT2D eigenvalue weighted by atomic mass is 9.79. The van der Waals surface area contributed by atoms with Crippen LogP contribution < -0.4 is 5.73 Å². The predicted octanol–water partition coefficient (Wildman–Crippen LogP) is 5.88. The Labute approximate surface area is 139 Å². The summed E-state index contributed by atoms with van der Waals surface area (Å²) in [5, 5.41) is 0. The highest BCUT2D eigenvalue weighted by molar-refractivity contribution is 5.58. The van der Waals surface area contributed by atoms with Gasteiger partial charge in [0.1, 0.15) is 6.29 Å². The molecular weight excluding hydrogens is 270 g/mol. The molecule has 132 valence electrons. The van der Waals surface area contributed by atoms with Crippen LogP contribution in [0, 0.1) is 11.3 Å².